The molecule has 1 aliphatic heterocycles. The summed E-state index contributed by atoms with van der Waals surface area (Å²) < 4.78 is 36.8. The van der Waals surface area contributed by atoms with Crippen LogP contribution in [0.25, 0.3) is 0 Å². The van der Waals surface area contributed by atoms with Gasteiger partial charge in [-0.1, -0.05) is 0 Å². The Bertz CT molecular complexity index is 272. The summed E-state index contributed by atoms with van der Waals surface area (Å²) in [5.41, 5.74) is 0. The van der Waals surface area contributed by atoms with Crippen molar-refractivity contribution in [3.05, 3.63) is 0 Å². The lowest BCUT2D eigenvalue weighted by atomic mass is 10.4. The second-order valence-electron chi connectivity index (χ2n) is 3.50. The molecule has 1 N–H and O–H groups in total. The number of nitrogens with zero attached hydrogens (tertiary/aromatic N) is 1. The SMILES string of the molecule is CN(C)S(=O)(=O)NCCC1OCCCO1. The van der Waals surface area contributed by atoms with Crippen molar-refractivity contribution in [3.63, 3.8) is 0 Å². The highest BCUT2D eigenvalue weighted by Gasteiger charge is 2.16. The van der Waals surface area contributed by atoms with Gasteiger partial charge in [0.25, 0.3) is 10.2 Å². The molecule has 0 aromatic carbocycles. The summed E-state index contributed by atoms with van der Waals surface area (Å²) in [6.07, 6.45) is 1.16. The first-order valence-electron chi connectivity index (χ1n) is 4.93. The molecule has 0 radical (unpaired) electrons. The highest BCUT2D eigenvalue weighted by molar-refractivity contribution is 7.87. The lowest BCUT2D eigenvalue weighted by Gasteiger charge is -2.23. The van der Waals surface area contributed by atoms with Crippen LogP contribution < -0.4 is 4.72 Å². The van der Waals surface area contributed by atoms with E-state index in [4.69, 9.17) is 9.47 Å². The van der Waals surface area contributed by atoms with Crippen molar-refractivity contribution in [2.75, 3.05) is 33.9 Å². The molecule has 1 aliphatic rings. The molecule has 0 aromatic heterocycles. The van der Waals surface area contributed by atoms with Gasteiger partial charge in [0.1, 0.15) is 0 Å². The van der Waals surface area contributed by atoms with Crippen LogP contribution in [0.3, 0.4) is 0 Å². The normalized spacial score (nSPS) is 19.7. The fourth-order valence-corrected chi connectivity index (χ4v) is 1.77. The third-order valence-corrected chi connectivity index (χ3v) is 3.57. The Labute approximate surface area is 90.7 Å². The molecule has 0 bridgehead atoms. The van der Waals surface area contributed by atoms with Crippen molar-refractivity contribution >= 4 is 10.2 Å². The van der Waals surface area contributed by atoms with E-state index < -0.39 is 10.2 Å². The van der Waals surface area contributed by atoms with Crippen LogP contribution in [0.2, 0.25) is 0 Å². The summed E-state index contributed by atoms with van der Waals surface area (Å²) >= 11 is 0. The average molecular weight is 238 g/mol. The Morgan fingerprint density at radius 3 is 2.47 bits per heavy atom. The average Bonchev–Trinajstić information content (AvgIpc) is 2.19. The van der Waals surface area contributed by atoms with Crippen LogP contribution in [0, 0.1) is 0 Å². The topological polar surface area (TPSA) is 67.9 Å². The van der Waals surface area contributed by atoms with Crippen LogP contribution in [0.5, 0.6) is 0 Å². The molecule has 1 saturated heterocycles. The van der Waals surface area contributed by atoms with E-state index in [0.717, 1.165) is 10.7 Å². The minimum atomic E-state index is -3.33. The molecule has 15 heavy (non-hydrogen) atoms. The molecule has 0 spiro atoms. The van der Waals surface area contributed by atoms with Gasteiger partial charge >= 0.3 is 0 Å². The van der Waals surface area contributed by atoms with Crippen LogP contribution >= 0.6 is 0 Å². The first kappa shape index (κ1) is 12.9. The van der Waals surface area contributed by atoms with Gasteiger partial charge in [-0.05, 0) is 6.42 Å². The molecular formula is C8H18N2O4S. The van der Waals surface area contributed by atoms with Crippen molar-refractivity contribution < 1.29 is 17.9 Å². The fraction of sp³-hybridized carbons (Fsp3) is 1.00. The van der Waals surface area contributed by atoms with E-state index in [9.17, 15) is 8.42 Å². The van der Waals surface area contributed by atoms with Gasteiger partial charge < -0.3 is 9.47 Å². The third-order valence-electron chi connectivity index (χ3n) is 2.04. The maximum absolute atomic E-state index is 11.3. The summed E-state index contributed by atoms with van der Waals surface area (Å²) in [6.45, 7) is 1.70. The molecule has 1 fully saturated rings. The standard InChI is InChI=1S/C8H18N2O4S/c1-10(2)15(11,12)9-5-4-8-13-6-3-7-14-8/h8-9H,3-7H2,1-2H3. The Morgan fingerprint density at radius 2 is 1.93 bits per heavy atom. The Hall–Kier alpha value is -0.210. The number of ether oxygens (including phenoxy) is 2. The molecule has 90 valence electrons. The van der Waals surface area contributed by atoms with Crippen molar-refractivity contribution in [2.24, 2.45) is 0 Å². The lowest BCUT2D eigenvalue weighted by molar-refractivity contribution is -0.180. The Kier molecular flexibility index (Phi) is 4.94. The molecule has 6 nitrogen and oxygen atoms in total. The monoisotopic (exact) mass is 238 g/mol. The highest BCUT2D eigenvalue weighted by atomic mass is 32.2. The van der Waals surface area contributed by atoms with Crippen LogP contribution in [-0.4, -0.2) is 52.9 Å². The molecule has 1 heterocycles. The van der Waals surface area contributed by atoms with Gasteiger partial charge in [0.05, 0.1) is 13.2 Å². The quantitative estimate of drug-likeness (QED) is 0.703. The number of rotatable bonds is 5. The zero-order chi connectivity index (χ0) is 11.3. The fourth-order valence-electron chi connectivity index (χ4n) is 1.14. The largest absolute Gasteiger partial charge is 0.353 e. The van der Waals surface area contributed by atoms with E-state index in [0.29, 0.717) is 26.2 Å². The number of nitrogens with one attached hydrogen (secondary N) is 1. The summed E-state index contributed by atoms with van der Waals surface area (Å²) in [5, 5.41) is 0. The third kappa shape index (κ3) is 4.43. The van der Waals surface area contributed by atoms with E-state index in [2.05, 4.69) is 4.72 Å². The van der Waals surface area contributed by atoms with Gasteiger partial charge in [-0.15, -0.1) is 0 Å². The smallest absolute Gasteiger partial charge is 0.278 e. The molecule has 0 saturated carbocycles. The summed E-state index contributed by atoms with van der Waals surface area (Å²) in [5.74, 6) is 0. The molecule has 0 unspecified atom stereocenters. The number of hydrogen-bond donors (Lipinski definition) is 1. The molecule has 1 rings (SSSR count). The second-order valence-corrected chi connectivity index (χ2v) is 5.46. The molecule has 7 heteroatoms. The van der Waals surface area contributed by atoms with Gasteiger partial charge in [0, 0.05) is 27.1 Å². The maximum Gasteiger partial charge on any atom is 0.278 e. The first-order chi connectivity index (χ1) is 7.02. The van der Waals surface area contributed by atoms with E-state index >= 15 is 0 Å². The lowest BCUT2D eigenvalue weighted by Crippen LogP contribution is -2.38. The van der Waals surface area contributed by atoms with E-state index in [1.165, 1.54) is 14.1 Å². The van der Waals surface area contributed by atoms with Gasteiger partial charge in [-0.3, -0.25) is 0 Å². The predicted octanol–water partition coefficient (Wildman–Crippen LogP) is -0.464. The van der Waals surface area contributed by atoms with Crippen LogP contribution in [0.4, 0.5) is 0 Å². The number of hydrogen-bond acceptors (Lipinski definition) is 4. The summed E-state index contributed by atoms with van der Waals surface area (Å²) in [4.78, 5) is 0. The van der Waals surface area contributed by atoms with Crippen molar-refractivity contribution in [1.82, 2.24) is 9.03 Å². The van der Waals surface area contributed by atoms with Gasteiger partial charge in [0.2, 0.25) is 0 Å². The van der Waals surface area contributed by atoms with E-state index in [-0.39, 0.29) is 6.29 Å². The molecule has 0 aliphatic carbocycles. The second kappa shape index (κ2) is 5.76. The molecular weight excluding hydrogens is 220 g/mol. The molecule has 0 aromatic rings. The van der Waals surface area contributed by atoms with Crippen molar-refractivity contribution in [1.29, 1.82) is 0 Å². The van der Waals surface area contributed by atoms with Gasteiger partial charge in [-0.2, -0.15) is 12.7 Å². The first-order valence-corrected chi connectivity index (χ1v) is 6.37. The van der Waals surface area contributed by atoms with Crippen LogP contribution in [0.15, 0.2) is 0 Å². The van der Waals surface area contributed by atoms with E-state index in [1.807, 2.05) is 0 Å². The van der Waals surface area contributed by atoms with E-state index in [1.54, 1.807) is 0 Å². The molecule has 0 amide bonds. The predicted molar refractivity (Wildman–Crippen MR) is 55.5 cm³/mol. The van der Waals surface area contributed by atoms with Crippen LogP contribution in [0.1, 0.15) is 12.8 Å². The highest BCUT2D eigenvalue weighted by Crippen LogP contribution is 2.07. The Balaban J connectivity index is 2.20. The van der Waals surface area contributed by atoms with Crippen LogP contribution in [-0.2, 0) is 19.7 Å². The summed E-state index contributed by atoms with van der Waals surface area (Å²) in [6, 6.07) is 0. The van der Waals surface area contributed by atoms with Crippen molar-refractivity contribution in [2.45, 2.75) is 19.1 Å². The maximum atomic E-state index is 11.3. The minimum Gasteiger partial charge on any atom is -0.353 e. The van der Waals surface area contributed by atoms with Gasteiger partial charge in [-0.25, -0.2) is 4.72 Å². The Morgan fingerprint density at radius 1 is 1.33 bits per heavy atom. The van der Waals surface area contributed by atoms with Gasteiger partial charge in [0.15, 0.2) is 6.29 Å². The van der Waals surface area contributed by atoms with Crippen molar-refractivity contribution in [3.8, 4) is 0 Å². The zero-order valence-electron chi connectivity index (χ0n) is 9.10. The summed E-state index contributed by atoms with van der Waals surface area (Å²) in [7, 11) is -0.363. The molecule has 0 atom stereocenters. The zero-order valence-corrected chi connectivity index (χ0v) is 9.92. The minimum absolute atomic E-state index is 0.274.